The first kappa shape index (κ1) is 13.3. The Kier molecular flexibility index (Phi) is 5.56. The van der Waals surface area contributed by atoms with E-state index in [4.69, 9.17) is 4.42 Å². The van der Waals surface area contributed by atoms with Crippen molar-refractivity contribution in [3.05, 3.63) is 24.2 Å². The van der Waals surface area contributed by atoms with Crippen LogP contribution in [0, 0.1) is 0 Å². The predicted molar refractivity (Wildman–Crippen MR) is 67.4 cm³/mol. The second-order valence-corrected chi connectivity index (χ2v) is 4.48. The van der Waals surface area contributed by atoms with Crippen LogP contribution < -0.4 is 5.32 Å². The fourth-order valence-electron chi connectivity index (χ4n) is 1.68. The Morgan fingerprint density at radius 3 is 2.69 bits per heavy atom. The van der Waals surface area contributed by atoms with Crippen LogP contribution in [0.4, 0.5) is 0 Å². The second-order valence-electron chi connectivity index (χ2n) is 4.48. The van der Waals surface area contributed by atoms with Crippen LogP contribution in [-0.2, 0) is 6.54 Å². The van der Waals surface area contributed by atoms with Crippen LogP contribution in [0.1, 0.15) is 33.0 Å². The molecule has 3 nitrogen and oxygen atoms in total. The van der Waals surface area contributed by atoms with E-state index < -0.39 is 0 Å². The molecule has 0 aliphatic heterocycles. The number of rotatable bonds is 7. The third-order valence-corrected chi connectivity index (χ3v) is 3.30. The van der Waals surface area contributed by atoms with Crippen LogP contribution in [0.15, 0.2) is 22.8 Å². The quantitative estimate of drug-likeness (QED) is 0.771. The first-order chi connectivity index (χ1) is 7.65. The number of nitrogens with zero attached hydrogens (tertiary/aromatic N) is 1. The fourth-order valence-corrected chi connectivity index (χ4v) is 1.68. The van der Waals surface area contributed by atoms with Gasteiger partial charge in [0.15, 0.2) is 0 Å². The fraction of sp³-hybridized carbons (Fsp3) is 0.692. The lowest BCUT2D eigenvalue weighted by Crippen LogP contribution is -2.42. The standard InChI is InChI=1S/C13H24N2O/c1-5-11(2)15(4)12(3)9-14-10-13-7-6-8-16-13/h6-8,11-12,14H,5,9-10H2,1-4H3. The maximum atomic E-state index is 5.27. The van der Waals surface area contributed by atoms with E-state index in [1.54, 1.807) is 6.26 Å². The smallest absolute Gasteiger partial charge is 0.117 e. The highest BCUT2D eigenvalue weighted by Crippen LogP contribution is 2.05. The molecule has 0 radical (unpaired) electrons. The molecule has 1 heterocycles. The van der Waals surface area contributed by atoms with Crippen LogP contribution in [-0.4, -0.2) is 30.6 Å². The van der Waals surface area contributed by atoms with Crippen LogP contribution in [0.5, 0.6) is 0 Å². The van der Waals surface area contributed by atoms with Gasteiger partial charge in [-0.3, -0.25) is 4.90 Å². The van der Waals surface area contributed by atoms with E-state index in [1.807, 2.05) is 12.1 Å². The Morgan fingerprint density at radius 2 is 2.12 bits per heavy atom. The molecule has 0 amide bonds. The van der Waals surface area contributed by atoms with Gasteiger partial charge in [0, 0.05) is 18.6 Å². The zero-order valence-electron chi connectivity index (χ0n) is 10.9. The van der Waals surface area contributed by atoms with Crippen molar-refractivity contribution in [3.63, 3.8) is 0 Å². The van der Waals surface area contributed by atoms with Crippen LogP contribution in [0.3, 0.4) is 0 Å². The molecule has 0 bridgehead atoms. The number of furan rings is 1. The molecule has 16 heavy (non-hydrogen) atoms. The van der Waals surface area contributed by atoms with Gasteiger partial charge in [0.1, 0.15) is 5.76 Å². The summed E-state index contributed by atoms with van der Waals surface area (Å²) in [5.74, 6) is 0.999. The molecule has 2 unspecified atom stereocenters. The first-order valence-corrected chi connectivity index (χ1v) is 6.10. The van der Waals surface area contributed by atoms with Crippen molar-refractivity contribution in [2.75, 3.05) is 13.6 Å². The predicted octanol–water partition coefficient (Wildman–Crippen LogP) is 2.49. The van der Waals surface area contributed by atoms with E-state index in [0.717, 1.165) is 18.8 Å². The van der Waals surface area contributed by atoms with Crippen molar-refractivity contribution in [2.24, 2.45) is 0 Å². The molecule has 92 valence electrons. The third-order valence-electron chi connectivity index (χ3n) is 3.30. The van der Waals surface area contributed by atoms with E-state index in [9.17, 15) is 0 Å². The lowest BCUT2D eigenvalue weighted by molar-refractivity contribution is 0.187. The summed E-state index contributed by atoms with van der Waals surface area (Å²) in [6.07, 6.45) is 2.91. The van der Waals surface area contributed by atoms with Crippen molar-refractivity contribution in [1.82, 2.24) is 10.2 Å². The average Bonchev–Trinajstić information content (AvgIpc) is 2.79. The van der Waals surface area contributed by atoms with Gasteiger partial charge in [-0.05, 0) is 39.4 Å². The first-order valence-electron chi connectivity index (χ1n) is 6.10. The largest absolute Gasteiger partial charge is 0.468 e. The summed E-state index contributed by atoms with van der Waals surface area (Å²) in [7, 11) is 2.19. The van der Waals surface area contributed by atoms with Gasteiger partial charge < -0.3 is 9.73 Å². The molecule has 1 aromatic heterocycles. The Labute approximate surface area is 98.8 Å². The third kappa shape index (κ3) is 3.99. The zero-order chi connectivity index (χ0) is 12.0. The molecule has 0 aliphatic rings. The van der Waals surface area contributed by atoms with Gasteiger partial charge >= 0.3 is 0 Å². The van der Waals surface area contributed by atoms with Crippen molar-refractivity contribution in [1.29, 1.82) is 0 Å². The topological polar surface area (TPSA) is 28.4 Å². The van der Waals surface area contributed by atoms with Gasteiger partial charge in [0.2, 0.25) is 0 Å². The molecule has 3 heteroatoms. The van der Waals surface area contributed by atoms with Crippen molar-refractivity contribution >= 4 is 0 Å². The summed E-state index contributed by atoms with van der Waals surface area (Å²) in [5.41, 5.74) is 0. The van der Waals surface area contributed by atoms with Crippen molar-refractivity contribution in [2.45, 2.75) is 45.8 Å². The summed E-state index contributed by atoms with van der Waals surface area (Å²) >= 11 is 0. The minimum absolute atomic E-state index is 0.546. The Hall–Kier alpha value is -0.800. The molecule has 1 N–H and O–H groups in total. The number of likely N-dealkylation sites (N-methyl/N-ethyl adjacent to an activating group) is 1. The van der Waals surface area contributed by atoms with Crippen LogP contribution >= 0.6 is 0 Å². The molecule has 0 saturated carbocycles. The summed E-state index contributed by atoms with van der Waals surface area (Å²) in [6, 6.07) is 5.10. The minimum Gasteiger partial charge on any atom is -0.468 e. The van der Waals surface area contributed by atoms with E-state index in [-0.39, 0.29) is 0 Å². The normalized spacial score (nSPS) is 15.3. The lowest BCUT2D eigenvalue weighted by Gasteiger charge is -2.30. The summed E-state index contributed by atoms with van der Waals surface area (Å²) in [4.78, 5) is 2.41. The molecule has 0 saturated heterocycles. The van der Waals surface area contributed by atoms with E-state index in [0.29, 0.717) is 12.1 Å². The van der Waals surface area contributed by atoms with Gasteiger partial charge in [-0.2, -0.15) is 0 Å². The summed E-state index contributed by atoms with van der Waals surface area (Å²) in [5, 5.41) is 3.41. The van der Waals surface area contributed by atoms with E-state index in [1.165, 1.54) is 6.42 Å². The maximum absolute atomic E-state index is 5.27. The zero-order valence-corrected chi connectivity index (χ0v) is 10.9. The Bertz CT molecular complexity index is 271. The summed E-state index contributed by atoms with van der Waals surface area (Å²) in [6.45, 7) is 8.54. The van der Waals surface area contributed by atoms with Crippen molar-refractivity contribution < 1.29 is 4.42 Å². The van der Waals surface area contributed by atoms with Crippen molar-refractivity contribution in [3.8, 4) is 0 Å². The monoisotopic (exact) mass is 224 g/mol. The van der Waals surface area contributed by atoms with Gasteiger partial charge in [-0.15, -0.1) is 0 Å². The molecule has 0 spiro atoms. The number of hydrogen-bond acceptors (Lipinski definition) is 3. The van der Waals surface area contributed by atoms with Gasteiger partial charge in [0.25, 0.3) is 0 Å². The van der Waals surface area contributed by atoms with E-state index >= 15 is 0 Å². The number of nitrogens with one attached hydrogen (secondary N) is 1. The van der Waals surface area contributed by atoms with Gasteiger partial charge in [-0.1, -0.05) is 6.92 Å². The number of hydrogen-bond donors (Lipinski definition) is 1. The average molecular weight is 224 g/mol. The molecule has 0 aromatic carbocycles. The molecule has 0 aliphatic carbocycles. The highest BCUT2D eigenvalue weighted by atomic mass is 16.3. The minimum atomic E-state index is 0.546. The van der Waals surface area contributed by atoms with Gasteiger partial charge in [0.05, 0.1) is 12.8 Å². The second kappa shape index (κ2) is 6.71. The van der Waals surface area contributed by atoms with Crippen LogP contribution in [0.2, 0.25) is 0 Å². The molecule has 1 rings (SSSR count). The summed E-state index contributed by atoms with van der Waals surface area (Å²) < 4.78 is 5.27. The van der Waals surface area contributed by atoms with Gasteiger partial charge in [-0.25, -0.2) is 0 Å². The maximum Gasteiger partial charge on any atom is 0.117 e. The molecule has 2 atom stereocenters. The van der Waals surface area contributed by atoms with Crippen LogP contribution in [0.25, 0.3) is 0 Å². The highest BCUT2D eigenvalue weighted by molar-refractivity contribution is 4.97. The lowest BCUT2D eigenvalue weighted by atomic mass is 10.2. The SMILES string of the molecule is CCC(C)N(C)C(C)CNCc1ccco1. The Morgan fingerprint density at radius 1 is 1.38 bits per heavy atom. The molecular weight excluding hydrogens is 200 g/mol. The molecule has 0 fully saturated rings. The molecule has 1 aromatic rings. The highest BCUT2D eigenvalue weighted by Gasteiger charge is 2.13. The Balaban J connectivity index is 2.21. The molecular formula is C13H24N2O. The van der Waals surface area contributed by atoms with E-state index in [2.05, 4.69) is 38.0 Å².